The molecule has 0 saturated carbocycles. The summed E-state index contributed by atoms with van der Waals surface area (Å²) in [6.45, 7) is 0. The molecule has 7 aromatic carbocycles. The van der Waals surface area contributed by atoms with Gasteiger partial charge in [0, 0.05) is 63.9 Å². The van der Waals surface area contributed by atoms with Gasteiger partial charge in [0.2, 0.25) is 0 Å². The van der Waals surface area contributed by atoms with Crippen molar-refractivity contribution < 1.29 is 59.4 Å². The lowest BCUT2D eigenvalue weighted by Crippen LogP contribution is -2.13. The zero-order chi connectivity index (χ0) is 51.3. The van der Waals surface area contributed by atoms with E-state index in [-0.39, 0.29) is 67.9 Å². The molecule has 0 heterocycles. The largest absolute Gasteiger partial charge is 0.478 e. The van der Waals surface area contributed by atoms with Gasteiger partial charge in [0.1, 0.15) is 0 Å². The summed E-state index contributed by atoms with van der Waals surface area (Å²) in [6, 6.07) is 39.4. The quantitative estimate of drug-likeness (QED) is 0.0310. The van der Waals surface area contributed by atoms with Crippen LogP contribution < -0.4 is 0 Å². The molecular weight excluding hydrogens is 1030 g/mol. The fourth-order valence-corrected chi connectivity index (χ4v) is 14.5. The number of carbonyl (C=O) groups is 6. The van der Waals surface area contributed by atoms with Crippen LogP contribution in [0, 0.1) is 0 Å². The lowest BCUT2D eigenvalue weighted by molar-refractivity contribution is 0.0682. The summed E-state index contributed by atoms with van der Waals surface area (Å²) in [6.07, 6.45) is 0. The van der Waals surface area contributed by atoms with Crippen LogP contribution in [0.3, 0.4) is 0 Å². The van der Waals surface area contributed by atoms with Crippen LogP contribution in [0.25, 0.3) is 0 Å². The van der Waals surface area contributed by atoms with Crippen LogP contribution in [0.4, 0.5) is 0 Å². The molecule has 0 aromatic heterocycles. The highest BCUT2D eigenvalue weighted by molar-refractivity contribution is 8.00. The van der Waals surface area contributed by atoms with E-state index in [1.807, 2.05) is 0 Å². The Morgan fingerprint density at radius 3 is 0.486 bits per heavy atom. The molecule has 0 aliphatic heterocycles. The SMILES string of the molecule is O=C(O)c1ccccc1SCc1c(CSc2ccccc2C(=O)O)c(CSc2ccccc2C(=O)O)c(CSc2ccccc2C(=O)O)c(CSc2ccccc2C(=O)O)c1CSc1ccccc1C(=O)O. The summed E-state index contributed by atoms with van der Waals surface area (Å²) in [7, 11) is 0. The number of hydrogen-bond donors (Lipinski definition) is 6. The highest BCUT2D eigenvalue weighted by Crippen LogP contribution is 2.46. The monoisotopic (exact) mass is 1070 g/mol. The molecule has 6 N–H and O–H groups in total. The van der Waals surface area contributed by atoms with E-state index in [1.165, 1.54) is 107 Å². The van der Waals surface area contributed by atoms with Crippen LogP contribution in [-0.2, 0) is 34.5 Å². The van der Waals surface area contributed by atoms with Gasteiger partial charge in [-0.25, -0.2) is 28.8 Å². The molecule has 72 heavy (non-hydrogen) atoms. The molecule has 12 nitrogen and oxygen atoms in total. The molecule has 0 radical (unpaired) electrons. The van der Waals surface area contributed by atoms with E-state index in [2.05, 4.69) is 0 Å². The standard InChI is InChI=1S/C54H42O12S6/c55-49(56)31-13-1-7-19-43(31)67-25-37-38(26-68-44-20-8-2-14-32(44)50(57)58)40(28-70-46-22-10-4-16-34(46)52(61)62)42(30-72-48-24-12-6-18-36(48)54(65)66)41(29-71-47-23-11-5-17-35(47)53(63)64)39(37)27-69-45-21-9-3-15-33(45)51(59)60/h1-24H,25-30H2,(H,55,56)(H,57,58)(H,59,60)(H,61,62)(H,63,64)(H,65,66). The van der Waals surface area contributed by atoms with Crippen LogP contribution in [0.5, 0.6) is 0 Å². The van der Waals surface area contributed by atoms with E-state index in [1.54, 1.807) is 109 Å². The first-order valence-electron chi connectivity index (χ1n) is 21.6. The second kappa shape index (κ2) is 25.2. The molecule has 7 aromatic rings. The van der Waals surface area contributed by atoms with E-state index < -0.39 is 35.8 Å². The average Bonchev–Trinajstić information content (AvgIpc) is 3.37. The van der Waals surface area contributed by atoms with E-state index in [9.17, 15) is 59.4 Å². The highest BCUT2D eigenvalue weighted by atomic mass is 32.2. The average molecular weight is 1080 g/mol. The Labute approximate surface area is 439 Å². The van der Waals surface area contributed by atoms with Crippen molar-refractivity contribution in [2.24, 2.45) is 0 Å². The number of thioether (sulfide) groups is 6. The Hall–Kier alpha value is -6.54. The molecule has 0 unspecified atom stereocenters. The van der Waals surface area contributed by atoms with Crippen molar-refractivity contribution in [2.45, 2.75) is 63.9 Å². The van der Waals surface area contributed by atoms with E-state index in [4.69, 9.17) is 0 Å². The predicted molar refractivity (Wildman–Crippen MR) is 284 cm³/mol. The van der Waals surface area contributed by atoms with E-state index in [0.717, 1.165) is 33.4 Å². The van der Waals surface area contributed by atoms with Crippen molar-refractivity contribution >= 4 is 106 Å². The first-order chi connectivity index (χ1) is 34.7. The fourth-order valence-electron chi connectivity index (χ4n) is 7.65. The van der Waals surface area contributed by atoms with Crippen LogP contribution in [0.2, 0.25) is 0 Å². The van der Waals surface area contributed by atoms with Gasteiger partial charge >= 0.3 is 35.8 Å². The predicted octanol–water partition coefficient (Wildman–Crippen LogP) is 13.6. The third kappa shape index (κ3) is 13.1. The number of carboxylic acid groups (broad SMARTS) is 6. The normalized spacial score (nSPS) is 11.0. The van der Waals surface area contributed by atoms with Gasteiger partial charge in [0.25, 0.3) is 0 Å². The summed E-state index contributed by atoms with van der Waals surface area (Å²) < 4.78 is 0. The van der Waals surface area contributed by atoms with Crippen LogP contribution >= 0.6 is 70.6 Å². The molecule has 0 aliphatic carbocycles. The maximum absolute atomic E-state index is 12.6. The zero-order valence-corrected chi connectivity index (χ0v) is 42.6. The first kappa shape index (κ1) is 53.3. The van der Waals surface area contributed by atoms with E-state index >= 15 is 0 Å². The lowest BCUT2D eigenvalue weighted by Gasteiger charge is -2.28. The summed E-state index contributed by atoms with van der Waals surface area (Å²) in [5.41, 5.74) is 4.73. The Bertz CT molecular complexity index is 2650. The van der Waals surface area contributed by atoms with Crippen molar-refractivity contribution in [3.05, 3.63) is 212 Å². The molecule has 366 valence electrons. The second-order valence-electron chi connectivity index (χ2n) is 15.4. The second-order valence-corrected chi connectivity index (χ2v) is 21.5. The van der Waals surface area contributed by atoms with Gasteiger partial charge in [-0.3, -0.25) is 0 Å². The van der Waals surface area contributed by atoms with Crippen LogP contribution in [-0.4, -0.2) is 66.5 Å². The Kier molecular flexibility index (Phi) is 18.7. The minimum atomic E-state index is -1.14. The number of carboxylic acids is 6. The smallest absolute Gasteiger partial charge is 0.336 e. The summed E-state index contributed by atoms with van der Waals surface area (Å²) >= 11 is 7.62. The molecule has 0 atom stereocenters. The van der Waals surface area contributed by atoms with Gasteiger partial charge in [-0.1, -0.05) is 72.8 Å². The minimum absolute atomic E-state index is 0.0624. The van der Waals surface area contributed by atoms with Gasteiger partial charge in [-0.2, -0.15) is 0 Å². The van der Waals surface area contributed by atoms with Gasteiger partial charge in [0.05, 0.1) is 33.4 Å². The Balaban J connectivity index is 1.56. The van der Waals surface area contributed by atoms with Gasteiger partial charge < -0.3 is 30.6 Å². The Morgan fingerprint density at radius 2 is 0.361 bits per heavy atom. The Morgan fingerprint density at radius 1 is 0.236 bits per heavy atom. The molecule has 0 fully saturated rings. The van der Waals surface area contributed by atoms with Crippen molar-refractivity contribution in [3.8, 4) is 0 Å². The number of hydrogen-bond acceptors (Lipinski definition) is 12. The number of benzene rings is 7. The third-order valence-corrected chi connectivity index (χ3v) is 17.7. The van der Waals surface area contributed by atoms with Crippen molar-refractivity contribution in [1.29, 1.82) is 0 Å². The summed E-state index contributed by atoms with van der Waals surface area (Å²) in [5, 5.41) is 61.8. The van der Waals surface area contributed by atoms with Crippen molar-refractivity contribution in [2.75, 3.05) is 0 Å². The number of rotatable bonds is 24. The molecule has 0 amide bonds. The van der Waals surface area contributed by atoms with Gasteiger partial charge in [0.15, 0.2) is 0 Å². The summed E-state index contributed by atoms with van der Waals surface area (Å²) in [4.78, 5) is 78.4. The third-order valence-electron chi connectivity index (χ3n) is 11.1. The van der Waals surface area contributed by atoms with E-state index in [0.29, 0.717) is 29.4 Å². The maximum Gasteiger partial charge on any atom is 0.336 e. The molecule has 0 spiro atoms. The topological polar surface area (TPSA) is 224 Å². The summed E-state index contributed by atoms with van der Waals surface area (Å²) in [5.74, 6) is -5.93. The molecule has 0 saturated heterocycles. The maximum atomic E-state index is 12.6. The van der Waals surface area contributed by atoms with Crippen LogP contribution in [0.1, 0.15) is 95.5 Å². The minimum Gasteiger partial charge on any atom is -0.478 e. The van der Waals surface area contributed by atoms with Crippen molar-refractivity contribution in [3.63, 3.8) is 0 Å². The van der Waals surface area contributed by atoms with Crippen LogP contribution in [0.15, 0.2) is 175 Å². The number of aromatic carboxylic acids is 6. The molecule has 7 rings (SSSR count). The lowest BCUT2D eigenvalue weighted by atomic mass is 9.90. The molecular formula is C54H42O12S6. The van der Waals surface area contributed by atoms with Crippen molar-refractivity contribution in [1.82, 2.24) is 0 Å². The fraction of sp³-hybridized carbons (Fsp3) is 0.111. The first-order valence-corrected chi connectivity index (χ1v) is 27.5. The molecule has 0 aliphatic rings. The molecule has 18 heteroatoms. The van der Waals surface area contributed by atoms with Gasteiger partial charge in [-0.05, 0) is 106 Å². The zero-order valence-electron chi connectivity index (χ0n) is 37.7. The molecule has 0 bridgehead atoms. The van der Waals surface area contributed by atoms with Gasteiger partial charge in [-0.15, -0.1) is 70.6 Å². The highest BCUT2D eigenvalue weighted by Gasteiger charge is 2.28.